The van der Waals surface area contributed by atoms with Gasteiger partial charge in [0, 0.05) is 15.1 Å². The highest BCUT2D eigenvalue weighted by Gasteiger charge is 2.17. The van der Waals surface area contributed by atoms with Crippen LogP contribution in [0.25, 0.3) is 11.3 Å². The highest BCUT2D eigenvalue weighted by molar-refractivity contribution is 9.10. The monoisotopic (exact) mass is 429 g/mol. The van der Waals surface area contributed by atoms with Crippen LogP contribution < -0.4 is 16.2 Å². The molecule has 0 atom stereocenters. The van der Waals surface area contributed by atoms with Gasteiger partial charge in [-0.1, -0.05) is 39.7 Å². The second-order valence-electron chi connectivity index (χ2n) is 5.36. The van der Waals surface area contributed by atoms with Gasteiger partial charge in [0.05, 0.1) is 5.69 Å². The molecule has 0 aliphatic heterocycles. The van der Waals surface area contributed by atoms with Crippen LogP contribution in [0.2, 0.25) is 5.02 Å². The Bertz CT molecular complexity index is 1020. The summed E-state index contributed by atoms with van der Waals surface area (Å²) in [6, 6.07) is 14.8. The van der Waals surface area contributed by atoms with E-state index in [2.05, 4.69) is 25.9 Å². The van der Waals surface area contributed by atoms with E-state index in [0.29, 0.717) is 28.6 Å². The average Bonchev–Trinajstić information content (AvgIpc) is 2.60. The molecule has 0 unspecified atom stereocenters. The summed E-state index contributed by atoms with van der Waals surface area (Å²) in [5.74, 6) is 0.537. The van der Waals surface area contributed by atoms with Gasteiger partial charge in [-0.05, 0) is 35.9 Å². The van der Waals surface area contributed by atoms with Crippen molar-refractivity contribution in [2.45, 2.75) is 6.61 Å². The molecule has 0 amide bonds. The maximum absolute atomic E-state index is 9.43. The fourth-order valence-electron chi connectivity index (χ4n) is 2.40. The maximum Gasteiger partial charge on any atom is 0.222 e. The zero-order valence-electron chi connectivity index (χ0n) is 13.4. The van der Waals surface area contributed by atoms with Crippen LogP contribution in [0.1, 0.15) is 11.1 Å². The lowest BCUT2D eigenvalue weighted by molar-refractivity contribution is 0.307. The normalized spacial score (nSPS) is 10.3. The first-order chi connectivity index (χ1) is 12.5. The molecule has 0 bridgehead atoms. The number of hydrogen-bond acceptors (Lipinski definition) is 6. The van der Waals surface area contributed by atoms with E-state index in [4.69, 9.17) is 27.8 Å². The third-order valence-corrected chi connectivity index (χ3v) is 4.27. The average molecular weight is 431 g/mol. The first kappa shape index (κ1) is 18.0. The van der Waals surface area contributed by atoms with Crippen molar-refractivity contribution in [3.8, 4) is 23.1 Å². The third kappa shape index (κ3) is 3.87. The van der Waals surface area contributed by atoms with Gasteiger partial charge >= 0.3 is 0 Å². The Morgan fingerprint density at radius 1 is 1.15 bits per heavy atom. The molecular formula is C18H13BrClN5O. The summed E-state index contributed by atoms with van der Waals surface area (Å²) in [7, 11) is 0. The SMILES string of the molecule is N#Cc1c(N)nc(N)nc1-c1cc(Br)ccc1OCc1cccc(Cl)c1. The van der Waals surface area contributed by atoms with Crippen LogP contribution >= 0.6 is 27.5 Å². The number of nitrogens with two attached hydrogens (primary N) is 2. The lowest BCUT2D eigenvalue weighted by atomic mass is 10.1. The minimum absolute atomic E-state index is 0.0164. The largest absolute Gasteiger partial charge is 0.488 e. The van der Waals surface area contributed by atoms with Crippen molar-refractivity contribution < 1.29 is 4.74 Å². The number of anilines is 2. The van der Waals surface area contributed by atoms with E-state index in [9.17, 15) is 5.26 Å². The predicted octanol–water partition coefficient (Wildman–Crippen LogP) is 4.17. The highest BCUT2D eigenvalue weighted by Crippen LogP contribution is 2.35. The summed E-state index contributed by atoms with van der Waals surface area (Å²) < 4.78 is 6.73. The van der Waals surface area contributed by atoms with Crippen LogP contribution in [0, 0.1) is 11.3 Å². The quantitative estimate of drug-likeness (QED) is 0.642. The molecule has 4 N–H and O–H groups in total. The van der Waals surface area contributed by atoms with Crippen LogP contribution in [0.5, 0.6) is 5.75 Å². The van der Waals surface area contributed by atoms with E-state index < -0.39 is 0 Å². The minimum atomic E-state index is -0.0164. The van der Waals surface area contributed by atoms with Crippen molar-refractivity contribution in [2.24, 2.45) is 0 Å². The summed E-state index contributed by atoms with van der Waals surface area (Å²) in [6.07, 6.45) is 0. The Labute approximate surface area is 163 Å². The summed E-state index contributed by atoms with van der Waals surface area (Å²) >= 11 is 9.43. The number of halogens is 2. The van der Waals surface area contributed by atoms with E-state index in [1.54, 1.807) is 18.2 Å². The zero-order chi connectivity index (χ0) is 18.7. The van der Waals surface area contributed by atoms with E-state index in [1.165, 1.54) is 0 Å². The fraction of sp³-hybridized carbons (Fsp3) is 0.0556. The van der Waals surface area contributed by atoms with E-state index in [1.807, 2.05) is 30.3 Å². The standard InChI is InChI=1S/C18H13BrClN5O/c19-11-4-5-15(26-9-10-2-1-3-12(20)6-10)13(7-11)16-14(8-21)17(22)25-18(23)24-16/h1-7H,9H2,(H4,22,23,24,25). The molecule has 0 saturated carbocycles. The molecule has 1 aromatic heterocycles. The number of nitrogens with zero attached hydrogens (tertiary/aromatic N) is 3. The van der Waals surface area contributed by atoms with Crippen molar-refractivity contribution in [1.82, 2.24) is 9.97 Å². The fourth-order valence-corrected chi connectivity index (χ4v) is 2.98. The lowest BCUT2D eigenvalue weighted by Crippen LogP contribution is -2.06. The Morgan fingerprint density at radius 2 is 1.96 bits per heavy atom. The Kier molecular flexibility index (Phi) is 5.26. The van der Waals surface area contributed by atoms with Gasteiger partial charge in [-0.15, -0.1) is 0 Å². The van der Waals surface area contributed by atoms with Crippen LogP contribution in [0.4, 0.5) is 11.8 Å². The molecule has 130 valence electrons. The van der Waals surface area contributed by atoms with Crippen molar-refractivity contribution in [1.29, 1.82) is 5.26 Å². The maximum atomic E-state index is 9.43. The molecule has 3 aromatic rings. The smallest absolute Gasteiger partial charge is 0.222 e. The topological polar surface area (TPSA) is 111 Å². The van der Waals surface area contributed by atoms with Gasteiger partial charge in [0.25, 0.3) is 0 Å². The van der Waals surface area contributed by atoms with Gasteiger partial charge in [-0.3, -0.25) is 0 Å². The first-order valence-electron chi connectivity index (χ1n) is 7.48. The number of aromatic nitrogens is 2. The van der Waals surface area contributed by atoms with Crippen molar-refractivity contribution in [2.75, 3.05) is 11.5 Å². The van der Waals surface area contributed by atoms with Crippen molar-refractivity contribution in [3.63, 3.8) is 0 Å². The van der Waals surface area contributed by atoms with Crippen LogP contribution in [-0.2, 0) is 6.61 Å². The Morgan fingerprint density at radius 3 is 2.69 bits per heavy atom. The summed E-state index contributed by atoms with van der Waals surface area (Å²) in [5, 5.41) is 10.1. The Hall–Kier alpha value is -2.82. The molecule has 0 spiro atoms. The van der Waals surface area contributed by atoms with Gasteiger partial charge < -0.3 is 16.2 Å². The van der Waals surface area contributed by atoms with Gasteiger partial charge in [-0.25, -0.2) is 4.98 Å². The molecule has 8 heteroatoms. The van der Waals surface area contributed by atoms with Gasteiger partial charge in [0.2, 0.25) is 5.95 Å². The van der Waals surface area contributed by atoms with Crippen molar-refractivity contribution >= 4 is 39.3 Å². The molecule has 0 aliphatic rings. The molecule has 0 saturated heterocycles. The van der Waals surface area contributed by atoms with Crippen LogP contribution in [0.15, 0.2) is 46.9 Å². The summed E-state index contributed by atoms with van der Waals surface area (Å²) in [5.41, 5.74) is 13.5. The highest BCUT2D eigenvalue weighted by atomic mass is 79.9. The number of nitriles is 1. The Balaban J connectivity index is 2.04. The van der Waals surface area contributed by atoms with Crippen LogP contribution in [0.3, 0.4) is 0 Å². The third-order valence-electron chi connectivity index (χ3n) is 3.55. The van der Waals surface area contributed by atoms with Gasteiger partial charge in [-0.2, -0.15) is 10.2 Å². The lowest BCUT2D eigenvalue weighted by Gasteiger charge is -2.14. The number of ether oxygens (including phenoxy) is 1. The molecule has 2 aromatic carbocycles. The van der Waals surface area contributed by atoms with Crippen molar-refractivity contribution in [3.05, 3.63) is 63.1 Å². The van der Waals surface area contributed by atoms with E-state index >= 15 is 0 Å². The molecule has 6 nitrogen and oxygen atoms in total. The minimum Gasteiger partial charge on any atom is -0.488 e. The molecule has 3 rings (SSSR count). The molecule has 0 radical (unpaired) electrons. The molecule has 1 heterocycles. The second-order valence-corrected chi connectivity index (χ2v) is 6.71. The van der Waals surface area contributed by atoms with E-state index in [0.717, 1.165) is 10.0 Å². The van der Waals surface area contributed by atoms with Gasteiger partial charge in [0.15, 0.2) is 0 Å². The number of hydrogen-bond donors (Lipinski definition) is 2. The summed E-state index contributed by atoms with van der Waals surface area (Å²) in [6.45, 7) is 0.299. The zero-order valence-corrected chi connectivity index (χ0v) is 15.8. The molecule has 0 fully saturated rings. The summed E-state index contributed by atoms with van der Waals surface area (Å²) in [4.78, 5) is 8.03. The first-order valence-corrected chi connectivity index (χ1v) is 8.65. The van der Waals surface area contributed by atoms with Crippen LogP contribution in [-0.4, -0.2) is 9.97 Å². The number of rotatable bonds is 4. The number of benzene rings is 2. The molecular weight excluding hydrogens is 418 g/mol. The van der Waals surface area contributed by atoms with Gasteiger partial charge in [0.1, 0.15) is 29.8 Å². The molecule has 26 heavy (non-hydrogen) atoms. The molecule has 0 aliphatic carbocycles. The number of nitrogen functional groups attached to an aromatic ring is 2. The second kappa shape index (κ2) is 7.60. The predicted molar refractivity (Wildman–Crippen MR) is 104 cm³/mol. The van der Waals surface area contributed by atoms with E-state index in [-0.39, 0.29) is 17.3 Å².